The zero-order chi connectivity index (χ0) is 23.9. The number of nitrogens with zero attached hydrogens (tertiary/aromatic N) is 2. The normalized spacial score (nSPS) is 10.7. The van der Waals surface area contributed by atoms with E-state index in [4.69, 9.17) is 14.5 Å². The first-order valence-electron chi connectivity index (χ1n) is 10.9. The number of carbonyl (C=O) groups excluding carboxylic acids is 1. The van der Waals surface area contributed by atoms with Gasteiger partial charge in [0.2, 0.25) is 0 Å². The lowest BCUT2D eigenvalue weighted by Crippen LogP contribution is -2.25. The number of methoxy groups -OCH3 is 2. The van der Waals surface area contributed by atoms with Crippen LogP contribution in [0, 0.1) is 0 Å². The van der Waals surface area contributed by atoms with Gasteiger partial charge in [0.05, 0.1) is 25.6 Å². The monoisotopic (exact) mass is 473 g/mol. The Morgan fingerprint density at radius 3 is 2.06 bits per heavy atom. The topological polar surface area (TPSA) is 65.4 Å². The molecule has 0 aliphatic heterocycles. The second kappa shape index (κ2) is 10.9. The summed E-state index contributed by atoms with van der Waals surface area (Å²) < 4.78 is 12.7. The van der Waals surface area contributed by atoms with Crippen LogP contribution in [0.3, 0.4) is 0 Å². The van der Waals surface area contributed by atoms with Gasteiger partial charge in [-0.3, -0.25) is 4.79 Å². The molecule has 4 aromatic rings. The zero-order valence-corrected chi connectivity index (χ0v) is 20.3. The summed E-state index contributed by atoms with van der Waals surface area (Å²) in [5.41, 5.74) is 4.63. The van der Waals surface area contributed by atoms with Gasteiger partial charge in [-0.05, 0) is 60.7 Å². The number of amides is 1. The van der Waals surface area contributed by atoms with E-state index in [0.717, 1.165) is 39.2 Å². The largest absolute Gasteiger partial charge is 0.497 e. The fourth-order valence-corrected chi connectivity index (χ4v) is 4.46. The number of aromatic nitrogens is 2. The summed E-state index contributed by atoms with van der Waals surface area (Å²) in [6.45, 7) is 0.543. The fourth-order valence-electron chi connectivity index (χ4n) is 3.64. The van der Waals surface area contributed by atoms with Crippen molar-refractivity contribution in [2.45, 2.75) is 5.16 Å². The molecule has 1 aromatic heterocycles. The number of rotatable bonds is 9. The van der Waals surface area contributed by atoms with Crippen LogP contribution in [0.1, 0.15) is 10.4 Å². The molecule has 0 atom stereocenters. The maximum absolute atomic E-state index is 12.3. The number of nitrogens with one attached hydrogen (secondary N) is 1. The van der Waals surface area contributed by atoms with E-state index in [1.54, 1.807) is 26.0 Å². The van der Waals surface area contributed by atoms with E-state index in [-0.39, 0.29) is 5.91 Å². The summed E-state index contributed by atoms with van der Waals surface area (Å²) in [6.07, 6.45) is 0. The van der Waals surface area contributed by atoms with E-state index in [1.165, 1.54) is 0 Å². The molecule has 1 N–H and O–H groups in total. The van der Waals surface area contributed by atoms with Crippen molar-refractivity contribution in [1.29, 1.82) is 0 Å². The van der Waals surface area contributed by atoms with Gasteiger partial charge in [0.15, 0.2) is 5.16 Å². The molecule has 0 bridgehead atoms. The van der Waals surface area contributed by atoms with Crippen LogP contribution >= 0.6 is 11.8 Å². The molecule has 174 valence electrons. The Labute approximate surface area is 203 Å². The molecule has 6 nitrogen and oxygen atoms in total. The molecule has 0 aliphatic rings. The Bertz CT molecular complexity index is 1240. The van der Waals surface area contributed by atoms with Gasteiger partial charge in [-0.1, -0.05) is 30.0 Å². The Morgan fingerprint density at radius 2 is 1.47 bits per heavy atom. The van der Waals surface area contributed by atoms with Crippen molar-refractivity contribution in [2.24, 2.45) is 7.05 Å². The van der Waals surface area contributed by atoms with Crippen molar-refractivity contribution in [3.05, 3.63) is 84.4 Å². The zero-order valence-electron chi connectivity index (χ0n) is 19.4. The number of thioether (sulfide) groups is 1. The predicted molar refractivity (Wildman–Crippen MR) is 137 cm³/mol. The minimum atomic E-state index is -0.0705. The minimum Gasteiger partial charge on any atom is -0.497 e. The standard InChI is InChI=1S/C27H27N3O3S/c1-30-25(20-11-15-23(33-3)16-12-20)24(19-9-13-22(32-2)14-10-19)29-27(30)34-18-17-28-26(31)21-7-5-4-6-8-21/h4-16H,17-18H2,1-3H3,(H,28,31). The van der Waals surface area contributed by atoms with Gasteiger partial charge in [-0.2, -0.15) is 0 Å². The third-order valence-corrected chi connectivity index (χ3v) is 6.47. The first-order valence-corrected chi connectivity index (χ1v) is 11.9. The van der Waals surface area contributed by atoms with Gasteiger partial charge in [0.1, 0.15) is 11.5 Å². The Kier molecular flexibility index (Phi) is 7.54. The summed E-state index contributed by atoms with van der Waals surface area (Å²) >= 11 is 1.61. The molecule has 7 heteroatoms. The van der Waals surface area contributed by atoms with Gasteiger partial charge in [-0.15, -0.1) is 0 Å². The Hall–Kier alpha value is -3.71. The highest BCUT2D eigenvalue weighted by molar-refractivity contribution is 7.99. The van der Waals surface area contributed by atoms with E-state index < -0.39 is 0 Å². The quantitative estimate of drug-likeness (QED) is 0.264. The van der Waals surface area contributed by atoms with Gasteiger partial charge in [0, 0.05) is 36.0 Å². The van der Waals surface area contributed by atoms with Crippen molar-refractivity contribution in [3.8, 4) is 34.0 Å². The minimum absolute atomic E-state index is 0.0705. The summed E-state index contributed by atoms with van der Waals surface area (Å²) in [7, 11) is 5.33. The highest BCUT2D eigenvalue weighted by Gasteiger charge is 2.18. The van der Waals surface area contributed by atoms with Crippen LogP contribution in [-0.4, -0.2) is 42.0 Å². The van der Waals surface area contributed by atoms with Crippen LogP contribution in [0.4, 0.5) is 0 Å². The molecule has 0 saturated heterocycles. The van der Waals surface area contributed by atoms with Gasteiger partial charge in [0.25, 0.3) is 5.91 Å². The number of benzene rings is 3. The average molecular weight is 474 g/mol. The second-order valence-corrected chi connectivity index (χ2v) is 8.64. The molecule has 1 heterocycles. The summed E-state index contributed by atoms with van der Waals surface area (Å²) in [5, 5.41) is 3.85. The van der Waals surface area contributed by atoms with E-state index in [1.807, 2.05) is 85.9 Å². The third-order valence-electron chi connectivity index (χ3n) is 5.44. The first kappa shape index (κ1) is 23.4. The van der Waals surface area contributed by atoms with Crippen LogP contribution < -0.4 is 14.8 Å². The van der Waals surface area contributed by atoms with Crippen LogP contribution in [-0.2, 0) is 7.05 Å². The Morgan fingerprint density at radius 1 is 0.882 bits per heavy atom. The molecule has 34 heavy (non-hydrogen) atoms. The second-order valence-electron chi connectivity index (χ2n) is 7.58. The number of imidazole rings is 1. The van der Waals surface area contributed by atoms with E-state index in [9.17, 15) is 4.79 Å². The van der Waals surface area contributed by atoms with E-state index >= 15 is 0 Å². The average Bonchev–Trinajstić information content (AvgIpc) is 3.22. The maximum atomic E-state index is 12.3. The summed E-state index contributed by atoms with van der Waals surface area (Å²) in [4.78, 5) is 17.3. The van der Waals surface area contributed by atoms with Gasteiger partial charge in [-0.25, -0.2) is 4.98 Å². The molecule has 0 aliphatic carbocycles. The lowest BCUT2D eigenvalue weighted by Gasteiger charge is -2.09. The number of hydrogen-bond acceptors (Lipinski definition) is 5. The van der Waals surface area contributed by atoms with Crippen molar-refractivity contribution < 1.29 is 14.3 Å². The predicted octanol–water partition coefficient (Wildman–Crippen LogP) is 5.29. The highest BCUT2D eigenvalue weighted by atomic mass is 32.2. The van der Waals surface area contributed by atoms with E-state index in [2.05, 4.69) is 9.88 Å². The molecule has 0 saturated carbocycles. The molecular weight excluding hydrogens is 446 g/mol. The number of hydrogen-bond donors (Lipinski definition) is 1. The molecule has 4 rings (SSSR count). The number of ether oxygens (including phenoxy) is 2. The van der Waals surface area contributed by atoms with Crippen LogP contribution in [0.25, 0.3) is 22.5 Å². The fraction of sp³-hybridized carbons (Fsp3) is 0.185. The number of carbonyl (C=O) groups is 1. The van der Waals surface area contributed by atoms with E-state index in [0.29, 0.717) is 17.9 Å². The summed E-state index contributed by atoms with van der Waals surface area (Å²) in [5.74, 6) is 2.24. The van der Waals surface area contributed by atoms with Crippen LogP contribution in [0.2, 0.25) is 0 Å². The molecule has 0 spiro atoms. The van der Waals surface area contributed by atoms with Crippen molar-refractivity contribution in [3.63, 3.8) is 0 Å². The third kappa shape index (κ3) is 5.26. The van der Waals surface area contributed by atoms with Crippen molar-refractivity contribution >= 4 is 17.7 Å². The molecule has 0 fully saturated rings. The SMILES string of the molecule is COc1ccc(-c2nc(SCCNC(=O)c3ccccc3)n(C)c2-c2ccc(OC)cc2)cc1. The molecule has 3 aromatic carbocycles. The Balaban J connectivity index is 1.56. The molecule has 1 amide bonds. The van der Waals surface area contributed by atoms with Crippen molar-refractivity contribution in [1.82, 2.24) is 14.9 Å². The smallest absolute Gasteiger partial charge is 0.251 e. The maximum Gasteiger partial charge on any atom is 0.251 e. The molecular formula is C27H27N3O3S. The lowest BCUT2D eigenvalue weighted by molar-refractivity contribution is 0.0956. The van der Waals surface area contributed by atoms with Crippen LogP contribution in [0.5, 0.6) is 11.5 Å². The van der Waals surface area contributed by atoms with Gasteiger partial charge < -0.3 is 19.4 Å². The molecule has 0 unspecified atom stereocenters. The first-order chi connectivity index (χ1) is 16.6. The summed E-state index contributed by atoms with van der Waals surface area (Å²) in [6, 6.07) is 25.1. The lowest BCUT2D eigenvalue weighted by atomic mass is 10.0. The molecule has 0 radical (unpaired) electrons. The van der Waals surface area contributed by atoms with Gasteiger partial charge >= 0.3 is 0 Å². The van der Waals surface area contributed by atoms with Crippen molar-refractivity contribution in [2.75, 3.05) is 26.5 Å². The highest BCUT2D eigenvalue weighted by Crippen LogP contribution is 2.36. The van der Waals surface area contributed by atoms with Crippen LogP contribution in [0.15, 0.2) is 84.0 Å².